The van der Waals surface area contributed by atoms with E-state index in [1.807, 2.05) is 0 Å². The predicted octanol–water partition coefficient (Wildman–Crippen LogP) is 1.63. The first-order chi connectivity index (χ1) is 7.95. The molecule has 6 nitrogen and oxygen atoms in total. The van der Waals surface area contributed by atoms with Crippen molar-refractivity contribution >= 4 is 17.3 Å². The summed E-state index contributed by atoms with van der Waals surface area (Å²) in [6, 6.07) is 5.27. The minimum atomic E-state index is -0.742. The fourth-order valence-corrected chi connectivity index (χ4v) is 1.31. The molecule has 0 amide bonds. The lowest BCUT2D eigenvalue weighted by Crippen LogP contribution is -2.08. The Morgan fingerprint density at radius 3 is 2.59 bits per heavy atom. The van der Waals surface area contributed by atoms with Crippen LogP contribution in [0.4, 0.5) is 5.69 Å². The van der Waals surface area contributed by atoms with E-state index in [0.717, 1.165) is 6.07 Å². The Hall–Kier alpha value is -2.55. The Kier molecular flexibility index (Phi) is 3.67. The maximum absolute atomic E-state index is 11.6. The number of Topliss-reactive ketones (excluding diaryl/α,β-unsaturated/α-hetero) is 2. The van der Waals surface area contributed by atoms with Crippen LogP contribution in [0.25, 0.3) is 0 Å². The molecule has 0 fully saturated rings. The molecule has 0 heterocycles. The third kappa shape index (κ3) is 2.95. The number of nitriles is 1. The van der Waals surface area contributed by atoms with Crippen molar-refractivity contribution in [3.63, 3.8) is 0 Å². The number of hydrogen-bond acceptors (Lipinski definition) is 5. The van der Waals surface area contributed by atoms with Crippen molar-refractivity contribution < 1.29 is 14.5 Å². The number of hydrogen-bond donors (Lipinski definition) is 0. The third-order valence-corrected chi connectivity index (χ3v) is 2.03. The van der Waals surface area contributed by atoms with Crippen LogP contribution in [0.2, 0.25) is 0 Å². The summed E-state index contributed by atoms with van der Waals surface area (Å²) >= 11 is 0. The fourth-order valence-electron chi connectivity index (χ4n) is 1.31. The van der Waals surface area contributed by atoms with Crippen molar-refractivity contribution in [2.24, 2.45) is 0 Å². The number of nitro groups is 1. The molecular formula is C11H8N2O4. The second-order valence-electron chi connectivity index (χ2n) is 3.40. The number of rotatable bonds is 4. The van der Waals surface area contributed by atoms with E-state index in [0.29, 0.717) is 0 Å². The zero-order valence-corrected chi connectivity index (χ0v) is 8.97. The molecule has 1 rings (SSSR count). The lowest BCUT2D eigenvalue weighted by molar-refractivity contribution is -0.385. The van der Waals surface area contributed by atoms with Gasteiger partial charge in [-0.05, 0) is 19.1 Å². The summed E-state index contributed by atoms with van der Waals surface area (Å²) in [5, 5.41) is 19.3. The van der Waals surface area contributed by atoms with Crippen molar-refractivity contribution in [1.82, 2.24) is 0 Å². The summed E-state index contributed by atoms with van der Waals surface area (Å²) in [5.74, 6) is -0.984. The molecule has 0 spiro atoms. The van der Waals surface area contributed by atoms with Gasteiger partial charge in [-0.15, -0.1) is 0 Å². The van der Waals surface area contributed by atoms with Gasteiger partial charge in [0, 0.05) is 6.07 Å². The van der Waals surface area contributed by atoms with Gasteiger partial charge in [0.15, 0.2) is 5.78 Å². The molecule has 17 heavy (non-hydrogen) atoms. The van der Waals surface area contributed by atoms with Crippen molar-refractivity contribution in [2.75, 3.05) is 0 Å². The van der Waals surface area contributed by atoms with Crippen LogP contribution in [0.3, 0.4) is 0 Å². The predicted molar refractivity (Wildman–Crippen MR) is 57.4 cm³/mol. The maximum Gasteiger partial charge on any atom is 0.281 e. The molecule has 1 aromatic rings. The van der Waals surface area contributed by atoms with Crippen molar-refractivity contribution in [3.05, 3.63) is 39.4 Å². The summed E-state index contributed by atoms with van der Waals surface area (Å²) in [5.41, 5.74) is -0.504. The van der Waals surface area contributed by atoms with Crippen LogP contribution in [0, 0.1) is 21.4 Å². The number of nitro benzene ring substituents is 1. The van der Waals surface area contributed by atoms with Gasteiger partial charge in [-0.3, -0.25) is 19.7 Å². The molecule has 0 unspecified atom stereocenters. The van der Waals surface area contributed by atoms with Crippen LogP contribution in [0.1, 0.15) is 29.3 Å². The van der Waals surface area contributed by atoms with Gasteiger partial charge >= 0.3 is 0 Å². The van der Waals surface area contributed by atoms with Gasteiger partial charge in [0.25, 0.3) is 5.69 Å². The smallest absolute Gasteiger partial charge is 0.281 e. The van der Waals surface area contributed by atoms with Gasteiger partial charge < -0.3 is 0 Å². The van der Waals surface area contributed by atoms with E-state index in [9.17, 15) is 19.7 Å². The molecule has 0 aliphatic carbocycles. The molecule has 0 N–H and O–H groups in total. The maximum atomic E-state index is 11.6. The molecule has 0 bridgehead atoms. The first-order valence-electron chi connectivity index (χ1n) is 4.67. The monoisotopic (exact) mass is 232 g/mol. The fraction of sp³-hybridized carbons (Fsp3) is 0.182. The van der Waals surface area contributed by atoms with Crippen LogP contribution in [0.15, 0.2) is 18.2 Å². The highest BCUT2D eigenvalue weighted by Crippen LogP contribution is 2.21. The van der Waals surface area contributed by atoms with E-state index in [-0.39, 0.29) is 23.3 Å². The van der Waals surface area contributed by atoms with Crippen LogP contribution in [-0.2, 0) is 4.79 Å². The van der Waals surface area contributed by atoms with Gasteiger partial charge in [0.2, 0.25) is 0 Å². The van der Waals surface area contributed by atoms with Gasteiger partial charge in [-0.25, -0.2) is 0 Å². The van der Waals surface area contributed by atoms with E-state index in [1.54, 1.807) is 6.07 Å². The Morgan fingerprint density at radius 2 is 2.12 bits per heavy atom. The second kappa shape index (κ2) is 4.99. The third-order valence-electron chi connectivity index (χ3n) is 2.03. The number of nitrogens with zero attached hydrogens (tertiary/aromatic N) is 2. The molecule has 0 radical (unpaired) electrons. The van der Waals surface area contributed by atoms with E-state index in [2.05, 4.69) is 0 Å². The number of carbonyl (C=O) groups excluding carboxylic acids is 2. The summed E-state index contributed by atoms with van der Waals surface area (Å²) in [7, 11) is 0. The highest BCUT2D eigenvalue weighted by molar-refractivity contribution is 6.09. The lowest BCUT2D eigenvalue weighted by atomic mass is 10.0. The van der Waals surface area contributed by atoms with Crippen LogP contribution in [0.5, 0.6) is 0 Å². The Morgan fingerprint density at radius 1 is 1.47 bits per heavy atom. The molecule has 86 valence electrons. The molecule has 0 saturated heterocycles. The molecule has 0 atom stereocenters. The summed E-state index contributed by atoms with van der Waals surface area (Å²) < 4.78 is 0. The first-order valence-corrected chi connectivity index (χ1v) is 4.67. The van der Waals surface area contributed by atoms with Gasteiger partial charge in [0.1, 0.15) is 5.78 Å². The van der Waals surface area contributed by atoms with E-state index in [4.69, 9.17) is 5.26 Å². The largest absolute Gasteiger partial charge is 0.300 e. The highest BCUT2D eigenvalue weighted by Gasteiger charge is 2.21. The summed E-state index contributed by atoms with van der Waals surface area (Å²) in [4.78, 5) is 32.4. The molecule has 0 aliphatic rings. The quantitative estimate of drug-likeness (QED) is 0.340. The Balaban J connectivity index is 3.25. The Labute approximate surface area is 96.6 Å². The molecule has 1 aromatic carbocycles. The van der Waals surface area contributed by atoms with Crippen LogP contribution >= 0.6 is 0 Å². The lowest BCUT2D eigenvalue weighted by Gasteiger charge is -2.01. The number of carbonyl (C=O) groups is 2. The highest BCUT2D eigenvalue weighted by atomic mass is 16.6. The molecular weight excluding hydrogens is 224 g/mol. The topological polar surface area (TPSA) is 101 Å². The minimum Gasteiger partial charge on any atom is -0.300 e. The normalized spacial score (nSPS) is 9.41. The van der Waals surface area contributed by atoms with Crippen molar-refractivity contribution in [2.45, 2.75) is 13.3 Å². The van der Waals surface area contributed by atoms with Crippen LogP contribution < -0.4 is 0 Å². The zero-order valence-electron chi connectivity index (χ0n) is 8.97. The zero-order chi connectivity index (χ0) is 13.0. The molecule has 0 aliphatic heterocycles. The van der Waals surface area contributed by atoms with Gasteiger partial charge in [-0.2, -0.15) is 5.26 Å². The minimum absolute atomic E-state index is 0.0936. The standard InChI is InChI=1S/C11H8N2O4/c1-7(14)4-11(15)9-3-2-8(6-12)5-10(9)13(16)17/h2-3,5H,4H2,1H3. The first kappa shape index (κ1) is 12.5. The second-order valence-corrected chi connectivity index (χ2v) is 3.40. The molecule has 0 saturated carbocycles. The number of ketones is 2. The molecule has 6 heteroatoms. The van der Waals surface area contributed by atoms with Gasteiger partial charge in [-0.1, -0.05) is 0 Å². The average Bonchev–Trinajstić information content (AvgIpc) is 2.27. The van der Waals surface area contributed by atoms with Gasteiger partial charge in [0.05, 0.1) is 28.5 Å². The van der Waals surface area contributed by atoms with E-state index >= 15 is 0 Å². The van der Waals surface area contributed by atoms with Crippen LogP contribution in [-0.4, -0.2) is 16.5 Å². The average molecular weight is 232 g/mol. The van der Waals surface area contributed by atoms with Crippen molar-refractivity contribution in [3.8, 4) is 6.07 Å². The van der Waals surface area contributed by atoms with E-state index < -0.39 is 16.4 Å². The molecule has 0 aromatic heterocycles. The Bertz CT molecular complexity index is 543. The van der Waals surface area contributed by atoms with Crippen molar-refractivity contribution in [1.29, 1.82) is 5.26 Å². The summed E-state index contributed by atoms with van der Waals surface area (Å²) in [6.45, 7) is 1.23. The number of benzene rings is 1. The van der Waals surface area contributed by atoms with E-state index in [1.165, 1.54) is 19.1 Å². The summed E-state index contributed by atoms with van der Waals surface area (Å²) in [6.07, 6.45) is -0.382. The SMILES string of the molecule is CC(=O)CC(=O)c1ccc(C#N)cc1[N+](=O)[O-].